The highest BCUT2D eigenvalue weighted by molar-refractivity contribution is 5.40. The molecule has 1 aliphatic carbocycles. The van der Waals surface area contributed by atoms with E-state index in [-0.39, 0.29) is 5.54 Å². The molecule has 1 aromatic heterocycles. The fraction of sp³-hybridized carbons (Fsp3) is 0.750. The molecule has 0 amide bonds. The van der Waals surface area contributed by atoms with Crippen molar-refractivity contribution in [2.45, 2.75) is 64.8 Å². The zero-order valence-electron chi connectivity index (χ0n) is 13.2. The molecule has 1 heterocycles. The molecule has 4 heteroatoms. The standard InChI is InChI=1S/C16H28N4/c1-11(2)15-18-13(4)8-14(19-15)20-16(10-17)7-5-6-12(3)9-16/h8,11-12H,5-7,9-10,17H2,1-4H3,(H,18,19,20). The molecule has 0 aromatic carbocycles. The zero-order valence-corrected chi connectivity index (χ0v) is 13.2. The summed E-state index contributed by atoms with van der Waals surface area (Å²) in [5.74, 6) is 2.91. The Kier molecular flexibility index (Phi) is 4.63. The number of hydrogen-bond donors (Lipinski definition) is 2. The fourth-order valence-electron chi connectivity index (χ4n) is 3.20. The summed E-state index contributed by atoms with van der Waals surface area (Å²) in [6, 6.07) is 2.03. The van der Waals surface area contributed by atoms with Crippen molar-refractivity contribution in [3.05, 3.63) is 17.6 Å². The van der Waals surface area contributed by atoms with Crippen molar-refractivity contribution in [1.29, 1.82) is 0 Å². The third-order valence-electron chi connectivity index (χ3n) is 4.26. The van der Waals surface area contributed by atoms with Gasteiger partial charge in [0.05, 0.1) is 5.54 Å². The average molecular weight is 276 g/mol. The first-order chi connectivity index (χ1) is 9.44. The summed E-state index contributed by atoms with van der Waals surface area (Å²) >= 11 is 0. The van der Waals surface area contributed by atoms with E-state index in [0.717, 1.165) is 36.1 Å². The molecule has 1 fully saturated rings. The molecule has 2 rings (SSSR count). The lowest BCUT2D eigenvalue weighted by Gasteiger charge is -2.40. The monoisotopic (exact) mass is 276 g/mol. The summed E-state index contributed by atoms with van der Waals surface area (Å²) in [6.45, 7) is 9.25. The molecule has 4 nitrogen and oxygen atoms in total. The maximum atomic E-state index is 6.08. The Balaban J connectivity index is 2.23. The van der Waals surface area contributed by atoms with Crippen LogP contribution in [0.2, 0.25) is 0 Å². The Labute approximate surface area is 122 Å². The lowest BCUT2D eigenvalue weighted by Crippen LogP contribution is -2.49. The highest BCUT2D eigenvalue weighted by Gasteiger charge is 2.34. The molecule has 0 bridgehead atoms. The normalized spacial score (nSPS) is 26.8. The quantitative estimate of drug-likeness (QED) is 0.886. The number of anilines is 1. The molecule has 0 aliphatic heterocycles. The number of nitrogens with zero attached hydrogens (tertiary/aromatic N) is 2. The maximum Gasteiger partial charge on any atom is 0.133 e. The second kappa shape index (κ2) is 6.08. The Hall–Kier alpha value is -1.16. The Morgan fingerprint density at radius 1 is 1.45 bits per heavy atom. The van der Waals surface area contributed by atoms with Gasteiger partial charge in [-0.05, 0) is 25.7 Å². The van der Waals surface area contributed by atoms with Gasteiger partial charge in [0.15, 0.2) is 0 Å². The van der Waals surface area contributed by atoms with Gasteiger partial charge in [-0.2, -0.15) is 0 Å². The molecule has 1 aliphatic rings. The lowest BCUT2D eigenvalue weighted by atomic mass is 9.76. The molecule has 3 N–H and O–H groups in total. The predicted molar refractivity (Wildman–Crippen MR) is 83.9 cm³/mol. The minimum absolute atomic E-state index is 0.00666. The van der Waals surface area contributed by atoms with E-state index < -0.39 is 0 Å². The predicted octanol–water partition coefficient (Wildman–Crippen LogP) is 3.23. The zero-order chi connectivity index (χ0) is 14.8. The molecular formula is C16H28N4. The molecule has 0 radical (unpaired) electrons. The molecule has 2 unspecified atom stereocenters. The molecule has 1 saturated carbocycles. The van der Waals surface area contributed by atoms with Crippen molar-refractivity contribution in [1.82, 2.24) is 9.97 Å². The SMILES string of the molecule is Cc1cc(NC2(CN)CCCC(C)C2)nc(C(C)C)n1. The molecule has 1 aromatic rings. The van der Waals surface area contributed by atoms with Gasteiger partial charge in [-0.1, -0.05) is 33.6 Å². The highest BCUT2D eigenvalue weighted by Crippen LogP contribution is 2.34. The third kappa shape index (κ3) is 3.48. The molecule has 0 saturated heterocycles. The van der Waals surface area contributed by atoms with Gasteiger partial charge in [-0.3, -0.25) is 0 Å². The van der Waals surface area contributed by atoms with Crippen LogP contribution in [0.3, 0.4) is 0 Å². The van der Waals surface area contributed by atoms with Crippen LogP contribution in [0.4, 0.5) is 5.82 Å². The Bertz CT molecular complexity index is 458. The van der Waals surface area contributed by atoms with Crippen LogP contribution >= 0.6 is 0 Å². The summed E-state index contributed by atoms with van der Waals surface area (Å²) in [5, 5.41) is 3.63. The van der Waals surface area contributed by atoms with Gasteiger partial charge >= 0.3 is 0 Å². The number of aryl methyl sites for hydroxylation is 1. The van der Waals surface area contributed by atoms with E-state index in [0.29, 0.717) is 12.5 Å². The number of aromatic nitrogens is 2. The minimum Gasteiger partial charge on any atom is -0.363 e. The van der Waals surface area contributed by atoms with Crippen LogP contribution in [0, 0.1) is 12.8 Å². The first kappa shape index (κ1) is 15.2. The van der Waals surface area contributed by atoms with E-state index in [4.69, 9.17) is 5.73 Å². The first-order valence-corrected chi connectivity index (χ1v) is 7.78. The van der Waals surface area contributed by atoms with Crippen molar-refractivity contribution in [2.75, 3.05) is 11.9 Å². The van der Waals surface area contributed by atoms with Gasteiger partial charge in [0.25, 0.3) is 0 Å². The maximum absolute atomic E-state index is 6.08. The van der Waals surface area contributed by atoms with E-state index in [9.17, 15) is 0 Å². The van der Waals surface area contributed by atoms with Crippen LogP contribution in [0.1, 0.15) is 63.9 Å². The Morgan fingerprint density at radius 3 is 2.80 bits per heavy atom. The number of nitrogens with two attached hydrogens (primary N) is 1. The van der Waals surface area contributed by atoms with Crippen molar-refractivity contribution >= 4 is 5.82 Å². The third-order valence-corrected chi connectivity index (χ3v) is 4.26. The van der Waals surface area contributed by atoms with E-state index in [1.165, 1.54) is 12.8 Å². The highest BCUT2D eigenvalue weighted by atomic mass is 15.1. The van der Waals surface area contributed by atoms with Crippen molar-refractivity contribution in [2.24, 2.45) is 11.7 Å². The molecule has 2 atom stereocenters. The van der Waals surface area contributed by atoms with Crippen LogP contribution in [-0.4, -0.2) is 22.1 Å². The smallest absolute Gasteiger partial charge is 0.133 e. The Morgan fingerprint density at radius 2 is 2.20 bits per heavy atom. The van der Waals surface area contributed by atoms with E-state index in [1.54, 1.807) is 0 Å². The fourth-order valence-corrected chi connectivity index (χ4v) is 3.20. The van der Waals surface area contributed by atoms with Crippen LogP contribution in [0.25, 0.3) is 0 Å². The van der Waals surface area contributed by atoms with Crippen LogP contribution < -0.4 is 11.1 Å². The van der Waals surface area contributed by atoms with Gasteiger partial charge in [0.1, 0.15) is 11.6 Å². The van der Waals surface area contributed by atoms with Crippen LogP contribution in [0.5, 0.6) is 0 Å². The molecule has 0 spiro atoms. The van der Waals surface area contributed by atoms with E-state index >= 15 is 0 Å². The first-order valence-electron chi connectivity index (χ1n) is 7.78. The van der Waals surface area contributed by atoms with E-state index in [1.807, 2.05) is 13.0 Å². The number of nitrogens with one attached hydrogen (secondary N) is 1. The molecular weight excluding hydrogens is 248 g/mol. The average Bonchev–Trinajstić information content (AvgIpc) is 2.38. The summed E-state index contributed by atoms with van der Waals surface area (Å²) in [4.78, 5) is 9.18. The lowest BCUT2D eigenvalue weighted by molar-refractivity contribution is 0.263. The summed E-state index contributed by atoms with van der Waals surface area (Å²) in [7, 11) is 0. The molecule has 20 heavy (non-hydrogen) atoms. The van der Waals surface area contributed by atoms with Crippen molar-refractivity contribution in [3.8, 4) is 0 Å². The van der Waals surface area contributed by atoms with Gasteiger partial charge in [-0.15, -0.1) is 0 Å². The second-order valence-electron chi connectivity index (χ2n) is 6.72. The van der Waals surface area contributed by atoms with Gasteiger partial charge in [0.2, 0.25) is 0 Å². The summed E-state index contributed by atoms with van der Waals surface area (Å²) < 4.78 is 0. The second-order valence-corrected chi connectivity index (χ2v) is 6.72. The summed E-state index contributed by atoms with van der Waals surface area (Å²) in [6.07, 6.45) is 4.81. The number of hydrogen-bond acceptors (Lipinski definition) is 4. The van der Waals surface area contributed by atoms with E-state index in [2.05, 4.69) is 36.1 Å². The summed E-state index contributed by atoms with van der Waals surface area (Å²) in [5.41, 5.74) is 7.10. The minimum atomic E-state index is 0.00666. The van der Waals surface area contributed by atoms with Gasteiger partial charge < -0.3 is 11.1 Å². The van der Waals surface area contributed by atoms with Gasteiger partial charge in [0, 0.05) is 24.2 Å². The van der Waals surface area contributed by atoms with Crippen molar-refractivity contribution in [3.63, 3.8) is 0 Å². The van der Waals surface area contributed by atoms with Crippen molar-refractivity contribution < 1.29 is 0 Å². The topological polar surface area (TPSA) is 63.8 Å². The largest absolute Gasteiger partial charge is 0.363 e. The van der Waals surface area contributed by atoms with Gasteiger partial charge in [-0.25, -0.2) is 9.97 Å². The van der Waals surface area contributed by atoms with Crippen LogP contribution in [0.15, 0.2) is 6.07 Å². The molecule has 112 valence electrons. The van der Waals surface area contributed by atoms with Crippen LogP contribution in [-0.2, 0) is 0 Å². The number of rotatable bonds is 4.